The zero-order chi connectivity index (χ0) is 13.1. The second-order valence-corrected chi connectivity index (χ2v) is 7.66. The molecule has 1 aromatic heterocycles. The molecule has 0 fully saturated rings. The third kappa shape index (κ3) is 4.61. The lowest BCUT2D eigenvalue weighted by molar-refractivity contribution is -0.114. The van der Waals surface area contributed by atoms with E-state index in [1.54, 1.807) is 6.08 Å². The lowest BCUT2D eigenvalue weighted by Crippen LogP contribution is -2.34. The molecule has 0 aliphatic carbocycles. The molecule has 0 spiro atoms. The molecule has 0 aliphatic rings. The molecular formula is C10H12BrNO3S2. The van der Waals surface area contributed by atoms with E-state index in [1.165, 1.54) is 31.3 Å². The summed E-state index contributed by atoms with van der Waals surface area (Å²) in [6, 6.07) is 1.84. The summed E-state index contributed by atoms with van der Waals surface area (Å²) in [4.78, 5) is 12.2. The first-order valence-corrected chi connectivity index (χ1v) is 8.01. The van der Waals surface area contributed by atoms with Crippen molar-refractivity contribution in [2.45, 2.75) is 19.1 Å². The third-order valence-corrected chi connectivity index (χ3v) is 5.24. The second kappa shape index (κ2) is 5.79. The Morgan fingerprint density at radius 2 is 2.18 bits per heavy atom. The normalized spacial score (nSPS) is 12.2. The van der Waals surface area contributed by atoms with Crippen LogP contribution in [0.3, 0.4) is 0 Å². The number of carbonyl (C=O) groups is 1. The highest BCUT2D eigenvalue weighted by Gasteiger charge is 2.17. The zero-order valence-electron chi connectivity index (χ0n) is 9.31. The van der Waals surface area contributed by atoms with Gasteiger partial charge in [0.15, 0.2) is 0 Å². The standard InChI is InChI=1S/C10H12BrNO3S2/c1-7(2)17(14,15)12-10(13)4-3-9-5-8(11)6-16-9/h3-7H,1-2H3,(H,12,13). The van der Waals surface area contributed by atoms with Crippen molar-refractivity contribution < 1.29 is 13.2 Å². The maximum absolute atomic E-state index is 11.4. The number of carbonyl (C=O) groups excluding carboxylic acids is 1. The molecule has 1 rings (SSSR count). The number of sulfonamides is 1. The number of nitrogens with one attached hydrogen (secondary N) is 1. The van der Waals surface area contributed by atoms with Crippen LogP contribution in [0.1, 0.15) is 18.7 Å². The fourth-order valence-electron chi connectivity index (χ4n) is 0.866. The molecule has 0 unspecified atom stereocenters. The van der Waals surface area contributed by atoms with Crippen molar-refractivity contribution in [1.29, 1.82) is 0 Å². The predicted molar refractivity (Wildman–Crippen MR) is 73.3 cm³/mol. The van der Waals surface area contributed by atoms with Crippen LogP contribution in [0.2, 0.25) is 0 Å². The van der Waals surface area contributed by atoms with Gasteiger partial charge in [0.05, 0.1) is 5.25 Å². The summed E-state index contributed by atoms with van der Waals surface area (Å²) >= 11 is 4.74. The summed E-state index contributed by atoms with van der Waals surface area (Å²) in [5.41, 5.74) is 0. The Morgan fingerprint density at radius 3 is 2.65 bits per heavy atom. The molecule has 1 aromatic rings. The maximum atomic E-state index is 11.4. The molecule has 1 amide bonds. The summed E-state index contributed by atoms with van der Waals surface area (Å²) in [7, 11) is -3.55. The van der Waals surface area contributed by atoms with E-state index in [-0.39, 0.29) is 0 Å². The molecule has 7 heteroatoms. The molecule has 0 radical (unpaired) electrons. The zero-order valence-corrected chi connectivity index (χ0v) is 12.5. The Labute approximate surface area is 113 Å². The van der Waals surface area contributed by atoms with Crippen molar-refractivity contribution in [3.8, 4) is 0 Å². The average molecular weight is 338 g/mol. The molecule has 1 heterocycles. The van der Waals surface area contributed by atoms with Crippen molar-refractivity contribution >= 4 is 49.3 Å². The van der Waals surface area contributed by atoms with E-state index < -0.39 is 21.2 Å². The number of amides is 1. The van der Waals surface area contributed by atoms with Crippen LogP contribution >= 0.6 is 27.3 Å². The van der Waals surface area contributed by atoms with Crippen molar-refractivity contribution in [3.05, 3.63) is 26.9 Å². The second-order valence-electron chi connectivity index (χ2n) is 3.56. The van der Waals surface area contributed by atoms with Gasteiger partial charge in [-0.15, -0.1) is 11.3 Å². The Kier molecular flexibility index (Phi) is 4.91. The highest BCUT2D eigenvalue weighted by atomic mass is 79.9. The van der Waals surface area contributed by atoms with Gasteiger partial charge in [-0.2, -0.15) is 0 Å². The van der Waals surface area contributed by atoms with E-state index in [4.69, 9.17) is 0 Å². The van der Waals surface area contributed by atoms with E-state index in [1.807, 2.05) is 16.2 Å². The van der Waals surface area contributed by atoms with Crippen molar-refractivity contribution in [2.24, 2.45) is 0 Å². The topological polar surface area (TPSA) is 63.2 Å². The lowest BCUT2D eigenvalue weighted by atomic mass is 10.4. The van der Waals surface area contributed by atoms with E-state index in [2.05, 4.69) is 15.9 Å². The molecule has 17 heavy (non-hydrogen) atoms. The smallest absolute Gasteiger partial charge is 0.257 e. The summed E-state index contributed by atoms with van der Waals surface area (Å²) in [5.74, 6) is -0.636. The Balaban J connectivity index is 2.65. The summed E-state index contributed by atoms with van der Waals surface area (Å²) in [5, 5.41) is 1.25. The van der Waals surface area contributed by atoms with Crippen molar-refractivity contribution in [1.82, 2.24) is 4.72 Å². The Morgan fingerprint density at radius 1 is 1.53 bits per heavy atom. The van der Waals surface area contributed by atoms with Crippen LogP contribution in [-0.2, 0) is 14.8 Å². The highest BCUT2D eigenvalue weighted by molar-refractivity contribution is 9.10. The van der Waals surface area contributed by atoms with Crippen LogP contribution in [0.25, 0.3) is 6.08 Å². The molecule has 0 bridgehead atoms. The first-order chi connectivity index (χ1) is 7.81. The van der Waals surface area contributed by atoms with E-state index in [0.29, 0.717) is 0 Å². The fourth-order valence-corrected chi connectivity index (χ4v) is 2.79. The number of thiophene rings is 1. The SMILES string of the molecule is CC(C)S(=O)(=O)NC(=O)C=Cc1cc(Br)cs1. The van der Waals surface area contributed by atoms with Crippen LogP contribution in [0.5, 0.6) is 0 Å². The van der Waals surface area contributed by atoms with Gasteiger partial charge in [0.2, 0.25) is 10.0 Å². The summed E-state index contributed by atoms with van der Waals surface area (Å²) < 4.78 is 25.7. The largest absolute Gasteiger partial charge is 0.269 e. The van der Waals surface area contributed by atoms with Gasteiger partial charge in [-0.25, -0.2) is 13.1 Å². The van der Waals surface area contributed by atoms with Gasteiger partial charge in [0.1, 0.15) is 0 Å². The van der Waals surface area contributed by atoms with Gasteiger partial charge in [-0.1, -0.05) is 0 Å². The monoisotopic (exact) mass is 337 g/mol. The quantitative estimate of drug-likeness (QED) is 0.858. The van der Waals surface area contributed by atoms with Gasteiger partial charge in [0.25, 0.3) is 5.91 Å². The third-order valence-electron chi connectivity index (χ3n) is 1.85. The Hall–Kier alpha value is -0.660. The maximum Gasteiger partial charge on any atom is 0.257 e. The van der Waals surface area contributed by atoms with E-state index >= 15 is 0 Å². The van der Waals surface area contributed by atoms with Crippen LogP contribution in [0.15, 0.2) is 22.0 Å². The van der Waals surface area contributed by atoms with Gasteiger partial charge in [-0.3, -0.25) is 4.79 Å². The molecule has 0 aliphatic heterocycles. The molecule has 0 saturated heterocycles. The van der Waals surface area contributed by atoms with Crippen LogP contribution in [0.4, 0.5) is 0 Å². The van der Waals surface area contributed by atoms with Gasteiger partial charge < -0.3 is 0 Å². The molecule has 0 saturated carbocycles. The summed E-state index contributed by atoms with van der Waals surface area (Å²) in [6.07, 6.45) is 2.78. The summed E-state index contributed by atoms with van der Waals surface area (Å²) in [6.45, 7) is 3.02. The lowest BCUT2D eigenvalue weighted by Gasteiger charge is -2.06. The minimum atomic E-state index is -3.55. The first-order valence-electron chi connectivity index (χ1n) is 4.79. The molecular weight excluding hydrogens is 326 g/mol. The van der Waals surface area contributed by atoms with Crippen LogP contribution in [0, 0.1) is 0 Å². The van der Waals surface area contributed by atoms with E-state index in [9.17, 15) is 13.2 Å². The van der Waals surface area contributed by atoms with Crippen LogP contribution in [-0.4, -0.2) is 19.6 Å². The molecule has 94 valence electrons. The molecule has 0 aromatic carbocycles. The minimum absolute atomic E-state index is 0.629. The number of halogens is 1. The van der Waals surface area contributed by atoms with Gasteiger partial charge >= 0.3 is 0 Å². The minimum Gasteiger partial charge on any atom is -0.269 e. The highest BCUT2D eigenvalue weighted by Crippen LogP contribution is 2.20. The number of hydrogen-bond acceptors (Lipinski definition) is 4. The number of rotatable bonds is 4. The Bertz CT molecular complexity index is 532. The average Bonchev–Trinajstić information content (AvgIpc) is 2.60. The van der Waals surface area contributed by atoms with Crippen molar-refractivity contribution in [2.75, 3.05) is 0 Å². The predicted octanol–water partition coefficient (Wildman–Crippen LogP) is 2.38. The van der Waals surface area contributed by atoms with Gasteiger partial charge in [0, 0.05) is 20.8 Å². The number of hydrogen-bond donors (Lipinski definition) is 1. The molecule has 4 nitrogen and oxygen atoms in total. The molecule has 0 atom stereocenters. The van der Waals surface area contributed by atoms with Gasteiger partial charge in [-0.05, 0) is 41.9 Å². The fraction of sp³-hybridized carbons (Fsp3) is 0.300. The van der Waals surface area contributed by atoms with E-state index in [0.717, 1.165) is 9.35 Å². The van der Waals surface area contributed by atoms with Crippen molar-refractivity contribution in [3.63, 3.8) is 0 Å². The molecule has 1 N–H and O–H groups in total. The van der Waals surface area contributed by atoms with Crippen LogP contribution < -0.4 is 4.72 Å². The first kappa shape index (κ1) is 14.4.